The van der Waals surface area contributed by atoms with Gasteiger partial charge in [0, 0.05) is 10.8 Å². The standard InChI is InChI=1S/C10H15NOS2/c11-10(7-12)4-3-8(6-10)14-9-2-1-5-13-9/h1-2,5,8,12H,3-4,6-7,11H2. The van der Waals surface area contributed by atoms with E-state index in [-0.39, 0.29) is 12.1 Å². The van der Waals surface area contributed by atoms with Crippen LogP contribution in [0.15, 0.2) is 21.7 Å². The van der Waals surface area contributed by atoms with E-state index in [1.54, 1.807) is 11.3 Å². The third-order valence-electron chi connectivity index (χ3n) is 2.69. The van der Waals surface area contributed by atoms with Gasteiger partial charge < -0.3 is 10.8 Å². The second kappa shape index (κ2) is 4.23. The first kappa shape index (κ1) is 10.5. The predicted molar refractivity (Wildman–Crippen MR) is 61.8 cm³/mol. The first-order valence-corrected chi connectivity index (χ1v) is 6.58. The molecule has 0 aromatic carbocycles. The van der Waals surface area contributed by atoms with Gasteiger partial charge in [0.1, 0.15) is 0 Å². The smallest absolute Gasteiger partial charge is 0.0611 e. The first-order chi connectivity index (χ1) is 6.72. The maximum Gasteiger partial charge on any atom is 0.0611 e. The Balaban J connectivity index is 1.90. The summed E-state index contributed by atoms with van der Waals surface area (Å²) in [6, 6.07) is 4.22. The van der Waals surface area contributed by atoms with Gasteiger partial charge >= 0.3 is 0 Å². The molecule has 0 radical (unpaired) electrons. The molecule has 2 unspecified atom stereocenters. The topological polar surface area (TPSA) is 46.2 Å². The van der Waals surface area contributed by atoms with Crippen LogP contribution < -0.4 is 5.73 Å². The lowest BCUT2D eigenvalue weighted by atomic mass is 10.0. The molecule has 3 N–H and O–H groups in total. The van der Waals surface area contributed by atoms with Crippen LogP contribution in [-0.2, 0) is 0 Å². The number of hydrogen-bond acceptors (Lipinski definition) is 4. The van der Waals surface area contributed by atoms with Crippen LogP contribution in [0.2, 0.25) is 0 Å². The van der Waals surface area contributed by atoms with Gasteiger partial charge in [0.2, 0.25) is 0 Å². The number of aliphatic hydroxyl groups excluding tert-OH is 1. The highest BCUT2D eigenvalue weighted by atomic mass is 32.2. The maximum absolute atomic E-state index is 9.14. The van der Waals surface area contributed by atoms with Gasteiger partial charge in [-0.05, 0) is 30.7 Å². The van der Waals surface area contributed by atoms with Crippen molar-refractivity contribution >= 4 is 23.1 Å². The van der Waals surface area contributed by atoms with Crippen molar-refractivity contribution in [2.45, 2.75) is 34.3 Å². The number of aliphatic hydroxyl groups is 1. The zero-order valence-corrected chi connectivity index (χ0v) is 9.61. The number of thiophene rings is 1. The van der Waals surface area contributed by atoms with E-state index >= 15 is 0 Å². The van der Waals surface area contributed by atoms with Crippen molar-refractivity contribution in [3.63, 3.8) is 0 Å². The van der Waals surface area contributed by atoms with Crippen LogP contribution >= 0.6 is 23.1 Å². The summed E-state index contributed by atoms with van der Waals surface area (Å²) >= 11 is 3.68. The Kier molecular flexibility index (Phi) is 3.17. The van der Waals surface area contributed by atoms with E-state index < -0.39 is 0 Å². The molecule has 14 heavy (non-hydrogen) atoms. The van der Waals surface area contributed by atoms with Gasteiger partial charge in [0.15, 0.2) is 0 Å². The summed E-state index contributed by atoms with van der Waals surface area (Å²) in [4.78, 5) is 0. The van der Waals surface area contributed by atoms with Gasteiger partial charge in [-0.25, -0.2) is 0 Å². The quantitative estimate of drug-likeness (QED) is 0.834. The SMILES string of the molecule is NC1(CO)CCC(Sc2cccs2)C1. The molecule has 78 valence electrons. The third-order valence-corrected chi connectivity index (χ3v) is 5.03. The Labute approximate surface area is 92.5 Å². The van der Waals surface area contributed by atoms with Gasteiger partial charge in [-0.2, -0.15) is 0 Å². The van der Waals surface area contributed by atoms with Crippen molar-refractivity contribution < 1.29 is 5.11 Å². The molecule has 1 aromatic heterocycles. The van der Waals surface area contributed by atoms with Gasteiger partial charge in [0.25, 0.3) is 0 Å². The van der Waals surface area contributed by atoms with E-state index in [4.69, 9.17) is 10.8 Å². The van der Waals surface area contributed by atoms with Crippen LogP contribution in [0.5, 0.6) is 0 Å². The summed E-state index contributed by atoms with van der Waals surface area (Å²) in [7, 11) is 0. The number of rotatable bonds is 3. The molecule has 1 heterocycles. The van der Waals surface area contributed by atoms with E-state index in [0.717, 1.165) is 19.3 Å². The van der Waals surface area contributed by atoms with E-state index in [1.165, 1.54) is 4.21 Å². The Morgan fingerprint density at radius 2 is 2.57 bits per heavy atom. The van der Waals surface area contributed by atoms with E-state index in [1.807, 2.05) is 11.8 Å². The highest BCUT2D eigenvalue weighted by Crippen LogP contribution is 2.40. The molecule has 1 aromatic rings. The fourth-order valence-corrected chi connectivity index (χ4v) is 4.23. The van der Waals surface area contributed by atoms with Crippen LogP contribution in [0.3, 0.4) is 0 Å². The molecule has 1 fully saturated rings. The highest BCUT2D eigenvalue weighted by Gasteiger charge is 2.35. The van der Waals surface area contributed by atoms with Crippen LogP contribution in [0, 0.1) is 0 Å². The lowest BCUT2D eigenvalue weighted by Crippen LogP contribution is -2.40. The summed E-state index contributed by atoms with van der Waals surface area (Å²) in [6.45, 7) is 0.120. The van der Waals surface area contributed by atoms with E-state index in [9.17, 15) is 0 Å². The number of thioether (sulfide) groups is 1. The minimum absolute atomic E-state index is 0.120. The zero-order valence-electron chi connectivity index (χ0n) is 7.98. The predicted octanol–water partition coefficient (Wildman–Crippen LogP) is 2.08. The summed E-state index contributed by atoms with van der Waals surface area (Å²) in [5, 5.41) is 11.8. The Morgan fingerprint density at radius 3 is 3.14 bits per heavy atom. The van der Waals surface area contributed by atoms with Crippen molar-refractivity contribution in [3.05, 3.63) is 17.5 Å². The van der Waals surface area contributed by atoms with Crippen molar-refractivity contribution in [1.82, 2.24) is 0 Å². The van der Waals surface area contributed by atoms with Crippen molar-refractivity contribution in [2.75, 3.05) is 6.61 Å². The summed E-state index contributed by atoms with van der Waals surface area (Å²) in [6.07, 6.45) is 3.01. The Morgan fingerprint density at radius 1 is 1.71 bits per heavy atom. The number of nitrogens with two attached hydrogens (primary N) is 1. The summed E-state index contributed by atoms with van der Waals surface area (Å²) in [5.41, 5.74) is 5.71. The maximum atomic E-state index is 9.14. The van der Waals surface area contributed by atoms with Gasteiger partial charge in [-0.1, -0.05) is 6.07 Å². The van der Waals surface area contributed by atoms with Crippen LogP contribution in [0.1, 0.15) is 19.3 Å². The summed E-state index contributed by atoms with van der Waals surface area (Å²) < 4.78 is 1.36. The zero-order chi connectivity index (χ0) is 10.0. The molecule has 0 spiro atoms. The van der Waals surface area contributed by atoms with Gasteiger partial charge in [-0.3, -0.25) is 0 Å². The molecular formula is C10H15NOS2. The lowest BCUT2D eigenvalue weighted by molar-refractivity contribution is 0.200. The molecule has 4 heteroatoms. The van der Waals surface area contributed by atoms with Gasteiger partial charge in [-0.15, -0.1) is 23.1 Å². The lowest BCUT2D eigenvalue weighted by Gasteiger charge is -2.20. The Hall–Kier alpha value is -0.0300. The van der Waals surface area contributed by atoms with Crippen LogP contribution in [-0.4, -0.2) is 22.5 Å². The van der Waals surface area contributed by atoms with E-state index in [0.29, 0.717) is 5.25 Å². The molecule has 0 bridgehead atoms. The highest BCUT2D eigenvalue weighted by molar-refractivity contribution is 8.01. The summed E-state index contributed by atoms with van der Waals surface area (Å²) in [5.74, 6) is 0. The largest absolute Gasteiger partial charge is 0.394 e. The monoisotopic (exact) mass is 229 g/mol. The first-order valence-electron chi connectivity index (χ1n) is 4.82. The fourth-order valence-electron chi connectivity index (χ4n) is 1.84. The molecule has 2 rings (SSSR count). The minimum Gasteiger partial charge on any atom is -0.394 e. The molecule has 0 amide bonds. The third kappa shape index (κ3) is 2.31. The second-order valence-electron chi connectivity index (χ2n) is 3.94. The molecule has 0 aliphatic heterocycles. The molecule has 1 aliphatic rings. The van der Waals surface area contributed by atoms with Crippen molar-refractivity contribution in [2.24, 2.45) is 5.73 Å². The molecule has 1 saturated carbocycles. The fraction of sp³-hybridized carbons (Fsp3) is 0.600. The molecule has 1 aliphatic carbocycles. The molecule has 0 saturated heterocycles. The average molecular weight is 229 g/mol. The normalized spacial score (nSPS) is 32.3. The molecular weight excluding hydrogens is 214 g/mol. The van der Waals surface area contributed by atoms with Gasteiger partial charge in [0.05, 0.1) is 10.8 Å². The molecule has 2 nitrogen and oxygen atoms in total. The average Bonchev–Trinajstić information content (AvgIpc) is 2.78. The van der Waals surface area contributed by atoms with E-state index in [2.05, 4.69) is 17.5 Å². The van der Waals surface area contributed by atoms with Crippen molar-refractivity contribution in [1.29, 1.82) is 0 Å². The minimum atomic E-state index is -0.311. The van der Waals surface area contributed by atoms with Crippen LogP contribution in [0.25, 0.3) is 0 Å². The number of hydrogen-bond donors (Lipinski definition) is 2. The Bertz CT molecular complexity index is 288. The van der Waals surface area contributed by atoms with Crippen LogP contribution in [0.4, 0.5) is 0 Å². The van der Waals surface area contributed by atoms with Crippen molar-refractivity contribution in [3.8, 4) is 0 Å². The second-order valence-corrected chi connectivity index (χ2v) is 6.48. The molecule has 2 atom stereocenters.